The number of aryl methyl sites for hydroxylation is 1. The monoisotopic (exact) mass is 413 g/mol. The first-order valence-electron chi connectivity index (χ1n) is 9.52. The van der Waals surface area contributed by atoms with Gasteiger partial charge in [0.1, 0.15) is 28.7 Å². The summed E-state index contributed by atoms with van der Waals surface area (Å²) >= 11 is 0. The fourth-order valence-electron chi connectivity index (χ4n) is 3.38. The molecule has 5 aromatic rings. The number of H-pyrrole nitrogens is 1. The van der Waals surface area contributed by atoms with Crippen molar-refractivity contribution < 1.29 is 4.74 Å². The minimum Gasteiger partial charge on any atom is -0.497 e. The SMILES string of the molecule is COc1cccc(-c2ccc3nc(Nc4ccn[nH]4)c(-c4nc(C)nc(N)n4)n3c2)c1. The number of rotatable bonds is 5. The Hall–Kier alpha value is -4.47. The zero-order valence-corrected chi connectivity index (χ0v) is 16.9. The molecule has 154 valence electrons. The number of pyridine rings is 1. The maximum atomic E-state index is 5.91. The molecule has 0 aliphatic carbocycles. The van der Waals surface area contributed by atoms with Crippen molar-refractivity contribution in [1.29, 1.82) is 0 Å². The lowest BCUT2D eigenvalue weighted by Crippen LogP contribution is -2.05. The first-order chi connectivity index (χ1) is 15.1. The Labute approximate surface area is 177 Å². The summed E-state index contributed by atoms with van der Waals surface area (Å²) in [6.07, 6.45) is 3.64. The van der Waals surface area contributed by atoms with Crippen molar-refractivity contribution in [3.05, 3.63) is 60.7 Å². The highest BCUT2D eigenvalue weighted by atomic mass is 16.5. The molecular formula is C21H19N9O. The smallest absolute Gasteiger partial charge is 0.223 e. The van der Waals surface area contributed by atoms with Crippen LogP contribution in [0.1, 0.15) is 5.82 Å². The Morgan fingerprint density at radius 1 is 1.03 bits per heavy atom. The molecule has 4 aromatic heterocycles. The highest BCUT2D eigenvalue weighted by Gasteiger charge is 2.19. The fourth-order valence-corrected chi connectivity index (χ4v) is 3.38. The van der Waals surface area contributed by atoms with Gasteiger partial charge in [0.15, 0.2) is 11.6 Å². The number of benzene rings is 1. The lowest BCUT2D eigenvalue weighted by atomic mass is 10.1. The van der Waals surface area contributed by atoms with Crippen molar-refractivity contribution in [3.8, 4) is 28.4 Å². The molecule has 0 aliphatic heterocycles. The van der Waals surface area contributed by atoms with Crippen LogP contribution in [0.3, 0.4) is 0 Å². The molecule has 0 saturated heterocycles. The van der Waals surface area contributed by atoms with Gasteiger partial charge in [0, 0.05) is 12.3 Å². The maximum absolute atomic E-state index is 5.91. The van der Waals surface area contributed by atoms with E-state index in [4.69, 9.17) is 15.5 Å². The van der Waals surface area contributed by atoms with E-state index in [-0.39, 0.29) is 5.95 Å². The van der Waals surface area contributed by atoms with Gasteiger partial charge in [0.25, 0.3) is 0 Å². The number of aromatic nitrogens is 7. The van der Waals surface area contributed by atoms with Gasteiger partial charge >= 0.3 is 0 Å². The number of aromatic amines is 1. The average Bonchev–Trinajstić information content (AvgIpc) is 3.40. The van der Waals surface area contributed by atoms with E-state index in [1.54, 1.807) is 20.2 Å². The Kier molecular flexibility index (Phi) is 4.43. The summed E-state index contributed by atoms with van der Waals surface area (Å²) in [4.78, 5) is 17.7. The van der Waals surface area contributed by atoms with Crippen LogP contribution in [-0.2, 0) is 0 Å². The predicted molar refractivity (Wildman–Crippen MR) is 117 cm³/mol. The molecule has 0 fully saturated rings. The third-order valence-corrected chi connectivity index (χ3v) is 4.75. The number of imidazole rings is 1. The summed E-state index contributed by atoms with van der Waals surface area (Å²) in [5.41, 5.74) is 9.28. The first kappa shape index (κ1) is 18.6. The van der Waals surface area contributed by atoms with Gasteiger partial charge in [-0.15, -0.1) is 0 Å². The number of fused-ring (bicyclic) bond motifs is 1. The van der Waals surface area contributed by atoms with Gasteiger partial charge in [-0.05, 0) is 42.3 Å². The molecule has 4 heterocycles. The van der Waals surface area contributed by atoms with Crippen molar-refractivity contribution >= 4 is 23.2 Å². The van der Waals surface area contributed by atoms with Gasteiger partial charge in [0.2, 0.25) is 5.95 Å². The van der Waals surface area contributed by atoms with Crippen LogP contribution in [0.5, 0.6) is 5.75 Å². The zero-order chi connectivity index (χ0) is 21.4. The normalized spacial score (nSPS) is 11.0. The molecule has 4 N–H and O–H groups in total. The van der Waals surface area contributed by atoms with Crippen LogP contribution in [0.15, 0.2) is 54.9 Å². The first-order valence-corrected chi connectivity index (χ1v) is 9.52. The number of ether oxygens (including phenoxy) is 1. The van der Waals surface area contributed by atoms with E-state index in [1.807, 2.05) is 53.1 Å². The van der Waals surface area contributed by atoms with Crippen LogP contribution in [-0.4, -0.2) is 41.6 Å². The second kappa shape index (κ2) is 7.41. The Morgan fingerprint density at radius 2 is 1.94 bits per heavy atom. The quantitative estimate of drug-likeness (QED) is 0.400. The summed E-state index contributed by atoms with van der Waals surface area (Å²) in [6, 6.07) is 13.6. The van der Waals surface area contributed by atoms with Crippen LogP contribution in [0, 0.1) is 6.92 Å². The standard InChI is InChI=1S/C21H19N9O/c1-12-24-19(28-21(22)25-12)18-20(26-16-8-9-23-29-16)27-17-7-6-14(11-30(17)18)13-4-3-5-15(10-13)31-2/h3-11H,1-2H3,(H2,23,26,29)(H2,22,24,25,28). The topological polar surface area (TPSA) is 132 Å². The minimum atomic E-state index is 0.147. The average molecular weight is 413 g/mol. The second-order valence-electron chi connectivity index (χ2n) is 6.85. The Bertz CT molecular complexity index is 1360. The third kappa shape index (κ3) is 3.50. The molecule has 0 atom stereocenters. The number of anilines is 3. The van der Waals surface area contributed by atoms with Crippen LogP contribution in [0.4, 0.5) is 17.6 Å². The Balaban J connectivity index is 1.72. The summed E-state index contributed by atoms with van der Waals surface area (Å²) in [7, 11) is 1.65. The molecule has 0 unspecified atom stereocenters. The number of methoxy groups -OCH3 is 1. The van der Waals surface area contributed by atoms with Crippen LogP contribution >= 0.6 is 0 Å². The largest absolute Gasteiger partial charge is 0.497 e. The van der Waals surface area contributed by atoms with E-state index in [1.165, 1.54) is 0 Å². The van der Waals surface area contributed by atoms with Gasteiger partial charge < -0.3 is 15.8 Å². The molecule has 5 rings (SSSR count). The second-order valence-corrected chi connectivity index (χ2v) is 6.85. The number of nitrogens with one attached hydrogen (secondary N) is 2. The summed E-state index contributed by atoms with van der Waals surface area (Å²) < 4.78 is 7.30. The molecule has 10 heteroatoms. The van der Waals surface area contributed by atoms with Crippen LogP contribution in [0.2, 0.25) is 0 Å². The molecule has 10 nitrogen and oxygen atoms in total. The van der Waals surface area contributed by atoms with Gasteiger partial charge in [-0.1, -0.05) is 12.1 Å². The summed E-state index contributed by atoms with van der Waals surface area (Å²) in [5.74, 6) is 3.13. The molecule has 0 aliphatic rings. The molecule has 0 saturated carbocycles. The number of hydrogen-bond donors (Lipinski definition) is 3. The Morgan fingerprint density at radius 3 is 2.71 bits per heavy atom. The van der Waals surface area contributed by atoms with Gasteiger partial charge in [-0.25, -0.2) is 9.97 Å². The van der Waals surface area contributed by atoms with E-state index in [9.17, 15) is 0 Å². The number of hydrogen-bond acceptors (Lipinski definition) is 8. The van der Waals surface area contributed by atoms with Crippen molar-refractivity contribution in [3.63, 3.8) is 0 Å². The summed E-state index contributed by atoms with van der Waals surface area (Å²) in [5, 5.41) is 10.1. The summed E-state index contributed by atoms with van der Waals surface area (Å²) in [6.45, 7) is 1.77. The van der Waals surface area contributed by atoms with Gasteiger partial charge in [-0.2, -0.15) is 15.1 Å². The molecule has 1 aromatic carbocycles. The van der Waals surface area contributed by atoms with Crippen LogP contribution < -0.4 is 15.8 Å². The minimum absolute atomic E-state index is 0.147. The van der Waals surface area contributed by atoms with Crippen molar-refractivity contribution in [1.82, 2.24) is 34.5 Å². The van der Waals surface area contributed by atoms with E-state index in [2.05, 4.69) is 30.5 Å². The number of nitrogen functional groups attached to an aromatic ring is 1. The zero-order valence-electron chi connectivity index (χ0n) is 16.9. The molecule has 0 bridgehead atoms. The third-order valence-electron chi connectivity index (χ3n) is 4.75. The highest BCUT2D eigenvalue weighted by molar-refractivity contribution is 5.77. The molecule has 31 heavy (non-hydrogen) atoms. The van der Waals surface area contributed by atoms with Crippen molar-refractivity contribution in [2.45, 2.75) is 6.92 Å². The molecule has 0 spiro atoms. The van der Waals surface area contributed by atoms with E-state index in [0.717, 1.165) is 22.5 Å². The van der Waals surface area contributed by atoms with Crippen molar-refractivity contribution in [2.75, 3.05) is 18.2 Å². The number of nitrogens with zero attached hydrogens (tertiary/aromatic N) is 6. The van der Waals surface area contributed by atoms with Crippen LogP contribution in [0.25, 0.3) is 28.3 Å². The number of nitrogens with two attached hydrogens (primary N) is 1. The lowest BCUT2D eigenvalue weighted by Gasteiger charge is -2.08. The fraction of sp³-hybridized carbons (Fsp3) is 0.0952. The maximum Gasteiger partial charge on any atom is 0.223 e. The molecule has 0 radical (unpaired) electrons. The van der Waals surface area contributed by atoms with Gasteiger partial charge in [-0.3, -0.25) is 9.50 Å². The van der Waals surface area contributed by atoms with E-state index in [0.29, 0.717) is 29.0 Å². The molecule has 0 amide bonds. The van der Waals surface area contributed by atoms with E-state index < -0.39 is 0 Å². The van der Waals surface area contributed by atoms with Crippen molar-refractivity contribution in [2.24, 2.45) is 0 Å². The molecular weight excluding hydrogens is 394 g/mol. The predicted octanol–water partition coefficient (Wildman–Crippen LogP) is 3.22. The highest BCUT2D eigenvalue weighted by Crippen LogP contribution is 2.31. The lowest BCUT2D eigenvalue weighted by molar-refractivity contribution is 0.415. The van der Waals surface area contributed by atoms with E-state index >= 15 is 0 Å². The van der Waals surface area contributed by atoms with Gasteiger partial charge in [0.05, 0.1) is 13.3 Å².